The van der Waals surface area contributed by atoms with Gasteiger partial charge in [0.1, 0.15) is 0 Å². The predicted octanol–water partition coefficient (Wildman–Crippen LogP) is 4.04. The van der Waals surface area contributed by atoms with Gasteiger partial charge in [-0.1, -0.05) is 74.5 Å². The van der Waals surface area contributed by atoms with Crippen LogP contribution >= 0.6 is 0 Å². The number of rotatable bonds is 7. The van der Waals surface area contributed by atoms with Crippen LogP contribution in [-0.2, 0) is 13.1 Å². The molecule has 132 valence electrons. The quantitative estimate of drug-likeness (QED) is 0.827. The zero-order valence-corrected chi connectivity index (χ0v) is 15.1. The maximum Gasteiger partial charge on any atom is 0.332 e. The van der Waals surface area contributed by atoms with Crippen molar-refractivity contribution in [3.05, 3.63) is 71.8 Å². The molecule has 25 heavy (non-hydrogen) atoms. The van der Waals surface area contributed by atoms with E-state index < -0.39 is 0 Å². The first-order valence-electron chi connectivity index (χ1n) is 9.03. The first-order chi connectivity index (χ1) is 12.1. The van der Waals surface area contributed by atoms with Crippen LogP contribution in [0.5, 0.6) is 0 Å². The van der Waals surface area contributed by atoms with Crippen LogP contribution in [0.1, 0.15) is 31.4 Å². The Morgan fingerprint density at radius 2 is 1.52 bits per heavy atom. The van der Waals surface area contributed by atoms with E-state index in [0.717, 1.165) is 26.1 Å². The molecule has 0 bridgehead atoms. The Morgan fingerprint density at radius 3 is 2.00 bits per heavy atom. The molecule has 0 unspecified atom stereocenters. The van der Waals surface area contributed by atoms with Crippen LogP contribution in [0.4, 0.5) is 4.79 Å². The summed E-state index contributed by atoms with van der Waals surface area (Å²) in [6, 6.07) is 20.9. The van der Waals surface area contributed by atoms with E-state index in [1.165, 1.54) is 11.1 Å². The monoisotopic (exact) mass is 337 g/mol. The fourth-order valence-corrected chi connectivity index (χ4v) is 3.42. The summed E-state index contributed by atoms with van der Waals surface area (Å²) in [6.07, 6.45) is 0.999. The highest BCUT2D eigenvalue weighted by Gasteiger charge is 2.35. The Hall–Kier alpha value is -2.33. The number of urea groups is 1. The number of amides is 2. The molecule has 2 aromatic carbocycles. The molecule has 1 fully saturated rings. The highest BCUT2D eigenvalue weighted by Crippen LogP contribution is 2.22. The standard InChI is InChI=1S/C21H27N3O/c1-17(2)13-20-14-22-21(25)24(20)23(15-18-9-5-3-6-10-18)16-19-11-7-4-8-12-19/h3-12,17,20H,13-16H2,1-2H3,(H,22,25)/t20-/m0/s1. The molecule has 2 amide bonds. The van der Waals surface area contributed by atoms with E-state index in [-0.39, 0.29) is 12.1 Å². The van der Waals surface area contributed by atoms with Crippen LogP contribution in [-0.4, -0.2) is 28.6 Å². The Bertz CT molecular complexity index is 631. The Kier molecular flexibility index (Phi) is 5.71. The van der Waals surface area contributed by atoms with Crippen LogP contribution in [0.25, 0.3) is 0 Å². The molecule has 2 aromatic rings. The van der Waals surface area contributed by atoms with E-state index >= 15 is 0 Å². The lowest BCUT2D eigenvalue weighted by Gasteiger charge is -2.36. The minimum Gasteiger partial charge on any atom is -0.335 e. The summed E-state index contributed by atoms with van der Waals surface area (Å²) in [7, 11) is 0. The number of hydrogen-bond acceptors (Lipinski definition) is 2. The van der Waals surface area contributed by atoms with Crippen LogP contribution in [0.15, 0.2) is 60.7 Å². The van der Waals surface area contributed by atoms with E-state index in [1.807, 2.05) is 41.4 Å². The molecule has 4 heteroatoms. The van der Waals surface area contributed by atoms with Gasteiger partial charge in [0.25, 0.3) is 0 Å². The van der Waals surface area contributed by atoms with Gasteiger partial charge in [-0.15, -0.1) is 0 Å². The lowest BCUT2D eigenvalue weighted by atomic mass is 10.0. The fourth-order valence-electron chi connectivity index (χ4n) is 3.42. The van der Waals surface area contributed by atoms with Crippen LogP contribution in [0, 0.1) is 5.92 Å². The third-order valence-corrected chi connectivity index (χ3v) is 4.51. The summed E-state index contributed by atoms with van der Waals surface area (Å²) >= 11 is 0. The minimum atomic E-state index is 0.0116. The maximum absolute atomic E-state index is 12.6. The van der Waals surface area contributed by atoms with Gasteiger partial charge in [-0.05, 0) is 23.5 Å². The van der Waals surface area contributed by atoms with Gasteiger partial charge in [-0.25, -0.2) is 9.80 Å². The predicted molar refractivity (Wildman–Crippen MR) is 101 cm³/mol. The Morgan fingerprint density at radius 1 is 1.00 bits per heavy atom. The molecular formula is C21H27N3O. The molecule has 1 saturated heterocycles. The second-order valence-electron chi connectivity index (χ2n) is 7.11. The summed E-state index contributed by atoms with van der Waals surface area (Å²) in [5.74, 6) is 0.551. The summed E-state index contributed by atoms with van der Waals surface area (Å²) in [5.41, 5.74) is 2.42. The zero-order chi connectivity index (χ0) is 17.6. The average Bonchev–Trinajstić information content (AvgIpc) is 2.96. The van der Waals surface area contributed by atoms with Crippen molar-refractivity contribution in [1.82, 2.24) is 15.3 Å². The van der Waals surface area contributed by atoms with Crippen LogP contribution in [0.2, 0.25) is 0 Å². The van der Waals surface area contributed by atoms with Gasteiger partial charge >= 0.3 is 6.03 Å². The first-order valence-corrected chi connectivity index (χ1v) is 9.03. The van der Waals surface area contributed by atoms with Gasteiger partial charge in [0, 0.05) is 19.6 Å². The highest BCUT2D eigenvalue weighted by molar-refractivity contribution is 5.76. The molecule has 0 radical (unpaired) electrons. The number of carbonyl (C=O) groups is 1. The molecule has 0 saturated carbocycles. The van der Waals surface area contributed by atoms with Gasteiger partial charge < -0.3 is 5.32 Å². The van der Waals surface area contributed by atoms with Crippen LogP contribution < -0.4 is 5.32 Å². The van der Waals surface area contributed by atoms with Crippen molar-refractivity contribution < 1.29 is 4.79 Å². The molecule has 1 heterocycles. The van der Waals surface area contributed by atoms with E-state index in [2.05, 4.69) is 48.4 Å². The number of carbonyl (C=O) groups excluding carboxylic acids is 1. The SMILES string of the molecule is CC(C)C[C@H]1CNC(=O)N1N(Cc1ccccc1)Cc1ccccc1. The molecule has 1 atom stereocenters. The highest BCUT2D eigenvalue weighted by atomic mass is 16.2. The maximum atomic E-state index is 12.6. The van der Waals surface area contributed by atoms with Crippen molar-refractivity contribution in [2.45, 2.75) is 39.4 Å². The second kappa shape index (κ2) is 8.17. The lowest BCUT2D eigenvalue weighted by molar-refractivity contribution is -0.0191. The molecular weight excluding hydrogens is 310 g/mol. The number of nitrogens with zero attached hydrogens (tertiary/aromatic N) is 2. The second-order valence-corrected chi connectivity index (χ2v) is 7.11. The molecule has 3 rings (SSSR count). The smallest absolute Gasteiger partial charge is 0.332 e. The average molecular weight is 337 g/mol. The first kappa shape index (κ1) is 17.5. The third-order valence-electron chi connectivity index (χ3n) is 4.51. The summed E-state index contributed by atoms with van der Waals surface area (Å²) in [4.78, 5) is 12.6. The van der Waals surface area contributed by atoms with Crippen molar-refractivity contribution >= 4 is 6.03 Å². The molecule has 4 nitrogen and oxygen atoms in total. The van der Waals surface area contributed by atoms with Crippen molar-refractivity contribution in [2.75, 3.05) is 6.54 Å². The van der Waals surface area contributed by atoms with Gasteiger partial charge in [0.2, 0.25) is 0 Å². The molecule has 1 aliphatic rings. The van der Waals surface area contributed by atoms with Gasteiger partial charge in [-0.3, -0.25) is 5.01 Å². The largest absolute Gasteiger partial charge is 0.335 e. The molecule has 0 aliphatic carbocycles. The van der Waals surface area contributed by atoms with Gasteiger partial charge in [0.15, 0.2) is 0 Å². The zero-order valence-electron chi connectivity index (χ0n) is 15.1. The Labute approximate surface area is 150 Å². The van der Waals surface area contributed by atoms with E-state index in [0.29, 0.717) is 5.92 Å². The number of nitrogens with one attached hydrogen (secondary N) is 1. The van der Waals surface area contributed by atoms with Gasteiger partial charge in [0.05, 0.1) is 6.04 Å². The summed E-state index contributed by atoms with van der Waals surface area (Å²) in [6.45, 7) is 6.58. The number of hydrazine groups is 1. The molecule has 1 N–H and O–H groups in total. The van der Waals surface area contributed by atoms with Crippen molar-refractivity contribution in [3.63, 3.8) is 0 Å². The van der Waals surface area contributed by atoms with E-state index in [1.54, 1.807) is 0 Å². The minimum absolute atomic E-state index is 0.0116. The molecule has 0 aromatic heterocycles. The number of hydrogen-bond donors (Lipinski definition) is 1. The summed E-state index contributed by atoms with van der Waals surface area (Å²) in [5, 5.41) is 7.15. The van der Waals surface area contributed by atoms with Crippen molar-refractivity contribution in [2.24, 2.45) is 5.92 Å². The van der Waals surface area contributed by atoms with E-state index in [4.69, 9.17) is 0 Å². The summed E-state index contributed by atoms with van der Waals surface area (Å²) < 4.78 is 0. The topological polar surface area (TPSA) is 35.6 Å². The van der Waals surface area contributed by atoms with Crippen molar-refractivity contribution in [1.29, 1.82) is 0 Å². The van der Waals surface area contributed by atoms with Crippen molar-refractivity contribution in [3.8, 4) is 0 Å². The molecule has 0 spiro atoms. The lowest BCUT2D eigenvalue weighted by Crippen LogP contribution is -2.48. The fraction of sp³-hybridized carbons (Fsp3) is 0.381. The third kappa shape index (κ3) is 4.60. The molecule has 1 aliphatic heterocycles. The number of benzene rings is 2. The Balaban J connectivity index is 1.84. The van der Waals surface area contributed by atoms with E-state index in [9.17, 15) is 4.79 Å². The van der Waals surface area contributed by atoms with Crippen LogP contribution in [0.3, 0.4) is 0 Å². The normalized spacial score (nSPS) is 17.4. The van der Waals surface area contributed by atoms with Gasteiger partial charge in [-0.2, -0.15) is 0 Å².